The molecule has 1 rings (SSSR count). The maximum atomic E-state index is 11.6. The molecule has 122 valence electrons. The van der Waals surface area contributed by atoms with Gasteiger partial charge in [0.15, 0.2) is 5.96 Å². The molecule has 2 N–H and O–H groups in total. The van der Waals surface area contributed by atoms with Crippen LogP contribution < -0.4 is 10.6 Å². The molecule has 5 heteroatoms. The van der Waals surface area contributed by atoms with E-state index in [1.807, 2.05) is 39.0 Å². The fraction of sp³-hybridized carbons (Fsp3) is 0.529. The molecule has 5 nitrogen and oxygen atoms in total. The molecule has 0 atom stereocenters. The highest BCUT2D eigenvalue weighted by Crippen LogP contribution is 2.06. The summed E-state index contributed by atoms with van der Waals surface area (Å²) in [4.78, 5) is 15.7. The van der Waals surface area contributed by atoms with Crippen LogP contribution in [0.2, 0.25) is 0 Å². The van der Waals surface area contributed by atoms with E-state index in [-0.39, 0.29) is 12.5 Å². The van der Waals surface area contributed by atoms with Crippen LogP contribution in [0.25, 0.3) is 0 Å². The highest BCUT2D eigenvalue weighted by atomic mass is 16.6. The summed E-state index contributed by atoms with van der Waals surface area (Å²) >= 11 is 0. The van der Waals surface area contributed by atoms with E-state index in [1.54, 1.807) is 7.05 Å². The maximum absolute atomic E-state index is 11.6. The first-order valence-corrected chi connectivity index (χ1v) is 7.61. The molecular weight excluding hydrogens is 278 g/mol. The second kappa shape index (κ2) is 9.07. The van der Waals surface area contributed by atoms with Gasteiger partial charge >= 0.3 is 5.97 Å². The fourth-order valence-corrected chi connectivity index (χ4v) is 1.90. The average Bonchev–Trinajstić information content (AvgIpc) is 2.46. The molecule has 0 bridgehead atoms. The standard InChI is InChI=1S/C17H27N3O2/c1-17(2,3)22-15(21)13-20-16(18-4)19-12-8-11-14-9-6-5-7-10-14/h5-7,9-10H,8,11-13H2,1-4H3,(H2,18,19,20). The number of esters is 1. The lowest BCUT2D eigenvalue weighted by molar-refractivity contribution is -0.153. The molecule has 22 heavy (non-hydrogen) atoms. The molecule has 0 spiro atoms. The first kappa shape index (κ1) is 18.0. The van der Waals surface area contributed by atoms with Crippen LogP contribution in [0.5, 0.6) is 0 Å². The number of ether oxygens (including phenoxy) is 1. The number of benzene rings is 1. The summed E-state index contributed by atoms with van der Waals surface area (Å²) in [5, 5.41) is 6.14. The summed E-state index contributed by atoms with van der Waals surface area (Å²) < 4.78 is 5.23. The Labute approximate surface area is 133 Å². The normalized spacial score (nSPS) is 11.9. The molecule has 0 saturated heterocycles. The first-order chi connectivity index (χ1) is 10.4. The van der Waals surface area contributed by atoms with Crippen molar-refractivity contribution >= 4 is 11.9 Å². The molecule has 0 unspecified atom stereocenters. The minimum Gasteiger partial charge on any atom is -0.459 e. The van der Waals surface area contributed by atoms with Crippen molar-refractivity contribution in [3.8, 4) is 0 Å². The Hall–Kier alpha value is -2.04. The van der Waals surface area contributed by atoms with Crippen LogP contribution in [0.15, 0.2) is 35.3 Å². The Kier molecular flexibility index (Phi) is 7.43. The number of aryl methyl sites for hydroxylation is 1. The van der Waals surface area contributed by atoms with Gasteiger partial charge in [-0.2, -0.15) is 0 Å². The Balaban J connectivity index is 2.21. The van der Waals surface area contributed by atoms with Gasteiger partial charge in [0, 0.05) is 13.6 Å². The monoisotopic (exact) mass is 305 g/mol. The van der Waals surface area contributed by atoms with E-state index < -0.39 is 5.60 Å². The molecule has 0 aliphatic rings. The molecule has 0 aliphatic heterocycles. The molecule has 0 saturated carbocycles. The number of nitrogens with one attached hydrogen (secondary N) is 2. The zero-order valence-corrected chi connectivity index (χ0v) is 14.0. The van der Waals surface area contributed by atoms with Crippen LogP contribution in [-0.4, -0.2) is 37.7 Å². The summed E-state index contributed by atoms with van der Waals surface area (Å²) in [6, 6.07) is 10.4. The molecule has 0 fully saturated rings. The second-order valence-electron chi connectivity index (χ2n) is 6.03. The maximum Gasteiger partial charge on any atom is 0.325 e. The largest absolute Gasteiger partial charge is 0.459 e. The molecule has 0 amide bonds. The minimum atomic E-state index is -0.467. The fourth-order valence-electron chi connectivity index (χ4n) is 1.90. The molecular formula is C17H27N3O2. The Morgan fingerprint density at radius 1 is 1.18 bits per heavy atom. The average molecular weight is 305 g/mol. The van der Waals surface area contributed by atoms with E-state index in [1.165, 1.54) is 5.56 Å². The number of hydrogen-bond donors (Lipinski definition) is 2. The molecule has 0 radical (unpaired) electrons. The Bertz CT molecular complexity index is 478. The van der Waals surface area contributed by atoms with E-state index >= 15 is 0 Å². The van der Waals surface area contributed by atoms with Gasteiger partial charge in [0.2, 0.25) is 0 Å². The van der Waals surface area contributed by atoms with Crippen molar-refractivity contribution in [2.24, 2.45) is 4.99 Å². The van der Waals surface area contributed by atoms with E-state index in [4.69, 9.17) is 4.74 Å². The predicted molar refractivity (Wildman–Crippen MR) is 90.0 cm³/mol. The van der Waals surface area contributed by atoms with E-state index in [0.29, 0.717) is 5.96 Å². The van der Waals surface area contributed by atoms with Crippen LogP contribution in [0.4, 0.5) is 0 Å². The number of aliphatic imine (C=N–C) groups is 1. The van der Waals surface area contributed by atoms with Crippen LogP contribution >= 0.6 is 0 Å². The predicted octanol–water partition coefficient (Wildman–Crippen LogP) is 2.13. The summed E-state index contributed by atoms with van der Waals surface area (Å²) in [7, 11) is 1.68. The third-order valence-electron chi connectivity index (χ3n) is 2.82. The van der Waals surface area contributed by atoms with E-state index in [2.05, 4.69) is 27.8 Å². The van der Waals surface area contributed by atoms with Gasteiger partial charge in [-0.15, -0.1) is 0 Å². The molecule has 0 aromatic heterocycles. The molecule has 1 aromatic rings. The van der Waals surface area contributed by atoms with Gasteiger partial charge in [-0.05, 0) is 39.2 Å². The van der Waals surface area contributed by atoms with Crippen molar-refractivity contribution in [3.63, 3.8) is 0 Å². The van der Waals surface area contributed by atoms with Crippen LogP contribution in [-0.2, 0) is 16.0 Å². The lowest BCUT2D eigenvalue weighted by atomic mass is 10.1. The van der Waals surface area contributed by atoms with Crippen molar-refractivity contribution in [2.45, 2.75) is 39.2 Å². The van der Waals surface area contributed by atoms with Crippen molar-refractivity contribution in [1.82, 2.24) is 10.6 Å². The van der Waals surface area contributed by atoms with Gasteiger partial charge in [0.05, 0.1) is 0 Å². The number of carbonyl (C=O) groups excluding carboxylic acids is 1. The number of hydrogen-bond acceptors (Lipinski definition) is 3. The van der Waals surface area contributed by atoms with Gasteiger partial charge < -0.3 is 15.4 Å². The van der Waals surface area contributed by atoms with Crippen molar-refractivity contribution in [2.75, 3.05) is 20.1 Å². The number of guanidine groups is 1. The Morgan fingerprint density at radius 3 is 2.45 bits per heavy atom. The molecule has 0 aliphatic carbocycles. The SMILES string of the molecule is CN=C(NCCCc1ccccc1)NCC(=O)OC(C)(C)C. The van der Waals surface area contributed by atoms with Crippen molar-refractivity contribution in [3.05, 3.63) is 35.9 Å². The topological polar surface area (TPSA) is 62.7 Å². The minimum absolute atomic E-state index is 0.107. The number of rotatable bonds is 6. The quantitative estimate of drug-likeness (QED) is 0.366. The third-order valence-corrected chi connectivity index (χ3v) is 2.82. The van der Waals surface area contributed by atoms with Crippen molar-refractivity contribution < 1.29 is 9.53 Å². The van der Waals surface area contributed by atoms with Crippen molar-refractivity contribution in [1.29, 1.82) is 0 Å². The smallest absolute Gasteiger partial charge is 0.325 e. The summed E-state index contributed by atoms with van der Waals surface area (Å²) in [5.41, 5.74) is 0.854. The summed E-state index contributed by atoms with van der Waals surface area (Å²) in [5.74, 6) is 0.318. The zero-order valence-electron chi connectivity index (χ0n) is 14.0. The second-order valence-corrected chi connectivity index (χ2v) is 6.03. The van der Waals surface area contributed by atoms with Crippen LogP contribution in [0.3, 0.4) is 0 Å². The van der Waals surface area contributed by atoms with E-state index in [0.717, 1.165) is 19.4 Å². The number of carbonyl (C=O) groups is 1. The van der Waals surface area contributed by atoms with Crippen LogP contribution in [0.1, 0.15) is 32.8 Å². The van der Waals surface area contributed by atoms with Gasteiger partial charge in [0.25, 0.3) is 0 Å². The van der Waals surface area contributed by atoms with Gasteiger partial charge in [-0.25, -0.2) is 0 Å². The van der Waals surface area contributed by atoms with Gasteiger partial charge in [-0.3, -0.25) is 9.79 Å². The van der Waals surface area contributed by atoms with Gasteiger partial charge in [0.1, 0.15) is 12.1 Å². The van der Waals surface area contributed by atoms with Gasteiger partial charge in [-0.1, -0.05) is 30.3 Å². The first-order valence-electron chi connectivity index (χ1n) is 7.61. The lowest BCUT2D eigenvalue weighted by Gasteiger charge is -2.20. The number of nitrogens with zero attached hydrogens (tertiary/aromatic N) is 1. The highest BCUT2D eigenvalue weighted by Gasteiger charge is 2.16. The third kappa shape index (κ3) is 8.29. The van der Waals surface area contributed by atoms with E-state index in [9.17, 15) is 4.79 Å². The zero-order chi connectivity index (χ0) is 16.4. The molecule has 1 aromatic carbocycles. The Morgan fingerprint density at radius 2 is 1.86 bits per heavy atom. The lowest BCUT2D eigenvalue weighted by Crippen LogP contribution is -2.42. The summed E-state index contributed by atoms with van der Waals surface area (Å²) in [6.45, 7) is 6.45. The van der Waals surface area contributed by atoms with Crippen LogP contribution in [0, 0.1) is 0 Å². The highest BCUT2D eigenvalue weighted by molar-refractivity contribution is 5.84. The molecule has 0 heterocycles. The summed E-state index contributed by atoms with van der Waals surface area (Å²) in [6.07, 6.45) is 2.01.